The number of carbonyl (C=O) groups is 1. The van der Waals surface area contributed by atoms with E-state index in [4.69, 9.17) is 4.74 Å². The Balaban J connectivity index is 1.28. The van der Waals surface area contributed by atoms with Crippen molar-refractivity contribution in [2.75, 3.05) is 19.7 Å². The number of rotatable bonds is 4. The number of H-pyrrole nitrogens is 1. The summed E-state index contributed by atoms with van der Waals surface area (Å²) in [6.45, 7) is 4.89. The third kappa shape index (κ3) is 3.58. The van der Waals surface area contributed by atoms with E-state index in [1.807, 2.05) is 11.0 Å². The molecule has 2 N–H and O–H groups in total. The SMILES string of the molecule is C[C@H]1CCCC[C@@H]1OCCNC(=O)N1CCc2[nH]c3ccccc3c2C1. The highest BCUT2D eigenvalue weighted by Crippen LogP contribution is 2.28. The molecule has 0 bridgehead atoms. The average molecular weight is 355 g/mol. The topological polar surface area (TPSA) is 57.4 Å². The average Bonchev–Trinajstić information content (AvgIpc) is 3.04. The number of carbonyl (C=O) groups excluding carboxylic acids is 1. The number of nitrogens with one attached hydrogen (secondary N) is 2. The van der Waals surface area contributed by atoms with Crippen LogP contribution in [0.5, 0.6) is 0 Å². The molecule has 0 spiro atoms. The van der Waals surface area contributed by atoms with Crippen LogP contribution in [-0.4, -0.2) is 41.7 Å². The Morgan fingerprint density at radius 1 is 1.31 bits per heavy atom. The summed E-state index contributed by atoms with van der Waals surface area (Å²) in [5, 5.41) is 4.26. The number of para-hydroxylation sites is 1. The molecule has 1 aromatic heterocycles. The van der Waals surface area contributed by atoms with Crippen molar-refractivity contribution in [3.8, 4) is 0 Å². The molecule has 26 heavy (non-hydrogen) atoms. The molecular weight excluding hydrogens is 326 g/mol. The number of benzene rings is 1. The summed E-state index contributed by atoms with van der Waals surface area (Å²) in [5.74, 6) is 0.641. The van der Waals surface area contributed by atoms with Gasteiger partial charge in [-0.05, 0) is 24.8 Å². The monoisotopic (exact) mass is 355 g/mol. The van der Waals surface area contributed by atoms with Crippen LogP contribution < -0.4 is 5.32 Å². The number of hydrogen-bond acceptors (Lipinski definition) is 2. The number of aromatic amines is 1. The molecule has 2 atom stereocenters. The van der Waals surface area contributed by atoms with Crippen molar-refractivity contribution >= 4 is 16.9 Å². The molecule has 2 aromatic rings. The fourth-order valence-electron chi connectivity index (χ4n) is 4.35. The molecule has 1 fully saturated rings. The summed E-state index contributed by atoms with van der Waals surface area (Å²) in [7, 11) is 0. The minimum Gasteiger partial charge on any atom is -0.376 e. The zero-order chi connectivity index (χ0) is 17.9. The lowest BCUT2D eigenvalue weighted by Gasteiger charge is -2.29. The van der Waals surface area contributed by atoms with E-state index in [0.717, 1.165) is 24.9 Å². The molecular formula is C21H29N3O2. The predicted octanol–water partition coefficient (Wildman–Crippen LogP) is 3.83. The first-order valence-corrected chi connectivity index (χ1v) is 9.95. The Morgan fingerprint density at radius 3 is 3.04 bits per heavy atom. The fourth-order valence-corrected chi connectivity index (χ4v) is 4.35. The lowest BCUT2D eigenvalue weighted by atomic mass is 9.88. The molecule has 2 amide bonds. The van der Waals surface area contributed by atoms with Crippen LogP contribution in [0, 0.1) is 5.92 Å². The van der Waals surface area contributed by atoms with Crippen LogP contribution in [-0.2, 0) is 17.7 Å². The van der Waals surface area contributed by atoms with Crippen LogP contribution in [0.15, 0.2) is 24.3 Å². The van der Waals surface area contributed by atoms with Gasteiger partial charge in [-0.15, -0.1) is 0 Å². The van der Waals surface area contributed by atoms with Crippen molar-refractivity contribution in [3.05, 3.63) is 35.5 Å². The summed E-state index contributed by atoms with van der Waals surface area (Å²) in [4.78, 5) is 17.9. The molecule has 1 saturated carbocycles. The van der Waals surface area contributed by atoms with Gasteiger partial charge < -0.3 is 19.9 Å². The molecule has 2 heterocycles. The number of ether oxygens (including phenoxy) is 1. The maximum absolute atomic E-state index is 12.5. The summed E-state index contributed by atoms with van der Waals surface area (Å²) < 4.78 is 6.00. The van der Waals surface area contributed by atoms with E-state index >= 15 is 0 Å². The Bertz CT molecular complexity index is 770. The highest BCUT2D eigenvalue weighted by molar-refractivity contribution is 5.85. The summed E-state index contributed by atoms with van der Waals surface area (Å²) in [6.07, 6.45) is 6.25. The van der Waals surface area contributed by atoms with Crippen molar-refractivity contribution < 1.29 is 9.53 Å². The number of aromatic nitrogens is 1. The van der Waals surface area contributed by atoms with Gasteiger partial charge in [0.15, 0.2) is 0 Å². The molecule has 2 aliphatic rings. The second-order valence-electron chi connectivity index (χ2n) is 7.70. The van der Waals surface area contributed by atoms with Gasteiger partial charge >= 0.3 is 6.03 Å². The number of fused-ring (bicyclic) bond motifs is 3. The number of nitrogens with zero attached hydrogens (tertiary/aromatic N) is 1. The zero-order valence-electron chi connectivity index (χ0n) is 15.6. The number of urea groups is 1. The molecule has 1 aliphatic heterocycles. The largest absolute Gasteiger partial charge is 0.376 e. The van der Waals surface area contributed by atoms with Crippen LogP contribution in [0.4, 0.5) is 4.79 Å². The molecule has 5 heteroatoms. The lowest BCUT2D eigenvalue weighted by Crippen LogP contribution is -2.44. The van der Waals surface area contributed by atoms with E-state index in [1.165, 1.54) is 35.9 Å². The van der Waals surface area contributed by atoms with E-state index in [9.17, 15) is 4.79 Å². The Kier molecular flexibility index (Phi) is 5.16. The van der Waals surface area contributed by atoms with Crippen molar-refractivity contribution in [1.29, 1.82) is 0 Å². The minimum absolute atomic E-state index is 0.0150. The maximum atomic E-state index is 12.5. The van der Waals surface area contributed by atoms with Gasteiger partial charge in [-0.3, -0.25) is 0 Å². The molecule has 140 valence electrons. The second kappa shape index (κ2) is 7.70. The maximum Gasteiger partial charge on any atom is 0.317 e. The van der Waals surface area contributed by atoms with Gasteiger partial charge in [0.25, 0.3) is 0 Å². The van der Waals surface area contributed by atoms with E-state index < -0.39 is 0 Å². The standard InChI is InChI=1S/C21H29N3O2/c1-15-6-2-5-9-20(15)26-13-11-22-21(25)24-12-10-19-17(14-24)16-7-3-4-8-18(16)23-19/h3-4,7-8,15,20,23H,2,5-6,9-14H2,1H3,(H,22,25)/t15-,20-/m0/s1. The van der Waals surface area contributed by atoms with Crippen molar-refractivity contribution in [2.45, 2.75) is 51.7 Å². The summed E-state index contributed by atoms with van der Waals surface area (Å²) >= 11 is 0. The Morgan fingerprint density at radius 2 is 2.15 bits per heavy atom. The van der Waals surface area contributed by atoms with Crippen LogP contribution in [0.3, 0.4) is 0 Å². The first kappa shape index (κ1) is 17.4. The zero-order valence-corrected chi connectivity index (χ0v) is 15.6. The molecule has 0 saturated heterocycles. The molecule has 0 radical (unpaired) electrons. The predicted molar refractivity (Wildman–Crippen MR) is 103 cm³/mol. The summed E-state index contributed by atoms with van der Waals surface area (Å²) in [5.41, 5.74) is 3.69. The minimum atomic E-state index is 0.0150. The van der Waals surface area contributed by atoms with Gasteiger partial charge in [0.1, 0.15) is 0 Å². The van der Waals surface area contributed by atoms with Gasteiger partial charge in [0.05, 0.1) is 12.7 Å². The number of amides is 2. The molecule has 5 nitrogen and oxygen atoms in total. The second-order valence-corrected chi connectivity index (χ2v) is 7.70. The molecule has 1 aromatic carbocycles. The van der Waals surface area contributed by atoms with E-state index in [2.05, 4.69) is 35.4 Å². The summed E-state index contributed by atoms with van der Waals surface area (Å²) in [6, 6.07) is 8.34. The van der Waals surface area contributed by atoms with Crippen LogP contribution in [0.25, 0.3) is 10.9 Å². The highest BCUT2D eigenvalue weighted by atomic mass is 16.5. The Labute approximate surface area is 155 Å². The van der Waals surface area contributed by atoms with E-state index in [0.29, 0.717) is 31.7 Å². The van der Waals surface area contributed by atoms with Gasteiger partial charge in [-0.2, -0.15) is 0 Å². The first-order chi connectivity index (χ1) is 12.7. The third-order valence-corrected chi connectivity index (χ3v) is 5.91. The van der Waals surface area contributed by atoms with Crippen LogP contribution in [0.2, 0.25) is 0 Å². The van der Waals surface area contributed by atoms with Gasteiger partial charge in [0.2, 0.25) is 0 Å². The smallest absolute Gasteiger partial charge is 0.317 e. The van der Waals surface area contributed by atoms with E-state index in [-0.39, 0.29) is 6.03 Å². The van der Waals surface area contributed by atoms with Crippen molar-refractivity contribution in [3.63, 3.8) is 0 Å². The van der Waals surface area contributed by atoms with Gasteiger partial charge in [-0.1, -0.05) is 38.0 Å². The lowest BCUT2D eigenvalue weighted by molar-refractivity contribution is -0.00274. The number of hydrogen-bond donors (Lipinski definition) is 2. The normalized spacial score (nSPS) is 23.0. The Hall–Kier alpha value is -2.01. The van der Waals surface area contributed by atoms with Crippen molar-refractivity contribution in [2.24, 2.45) is 5.92 Å². The molecule has 4 rings (SSSR count). The van der Waals surface area contributed by atoms with Crippen LogP contribution in [0.1, 0.15) is 43.9 Å². The van der Waals surface area contributed by atoms with Crippen LogP contribution >= 0.6 is 0 Å². The van der Waals surface area contributed by atoms with E-state index in [1.54, 1.807) is 0 Å². The molecule has 1 aliphatic carbocycles. The quantitative estimate of drug-likeness (QED) is 0.819. The van der Waals surface area contributed by atoms with Crippen molar-refractivity contribution in [1.82, 2.24) is 15.2 Å². The van der Waals surface area contributed by atoms with Gasteiger partial charge in [0, 0.05) is 48.2 Å². The highest BCUT2D eigenvalue weighted by Gasteiger charge is 2.24. The fraction of sp³-hybridized carbons (Fsp3) is 0.571. The molecule has 0 unspecified atom stereocenters. The van der Waals surface area contributed by atoms with Gasteiger partial charge in [-0.25, -0.2) is 4.79 Å². The third-order valence-electron chi connectivity index (χ3n) is 5.91. The first-order valence-electron chi connectivity index (χ1n) is 9.95.